The predicted molar refractivity (Wildman–Crippen MR) is 91.3 cm³/mol. The molecule has 0 unspecified atom stereocenters. The molecule has 0 N–H and O–H groups in total. The molecule has 4 nitrogen and oxygen atoms in total. The normalized spacial score (nSPS) is 11.2. The molecule has 0 saturated carbocycles. The third kappa shape index (κ3) is 3.19. The average molecular weight is 320 g/mol. The van der Waals surface area contributed by atoms with Gasteiger partial charge in [0.15, 0.2) is 0 Å². The van der Waals surface area contributed by atoms with Crippen molar-refractivity contribution in [1.82, 2.24) is 0 Å². The Hall–Kier alpha value is -2.98. The minimum Gasteiger partial charge on any atom is -0.388 e. The van der Waals surface area contributed by atoms with Gasteiger partial charge in [-0.3, -0.25) is 0 Å². The van der Waals surface area contributed by atoms with Crippen LogP contribution < -0.4 is 9.47 Å². The Kier molecular flexibility index (Phi) is 4.81. The molecule has 0 fully saturated rings. The van der Waals surface area contributed by atoms with E-state index in [2.05, 4.69) is 27.7 Å². The van der Waals surface area contributed by atoms with E-state index in [0.717, 1.165) is 11.1 Å². The molecule has 0 aromatic heterocycles. The number of benzene rings is 2. The first-order valence-corrected chi connectivity index (χ1v) is 7.66. The molecule has 24 heavy (non-hydrogen) atoms. The van der Waals surface area contributed by atoms with Crippen molar-refractivity contribution in [1.29, 1.82) is 10.5 Å². The molecule has 0 amide bonds. The summed E-state index contributed by atoms with van der Waals surface area (Å²) in [6.07, 6.45) is 3.36. The van der Waals surface area contributed by atoms with Crippen molar-refractivity contribution in [3.05, 3.63) is 59.7 Å². The molecule has 0 atom stereocenters. The van der Waals surface area contributed by atoms with E-state index in [9.17, 15) is 0 Å². The molecule has 0 bridgehead atoms. The van der Waals surface area contributed by atoms with Crippen LogP contribution >= 0.6 is 0 Å². The van der Waals surface area contributed by atoms with Gasteiger partial charge >= 0.3 is 0 Å². The molecule has 0 aliphatic heterocycles. The third-order valence-electron chi connectivity index (χ3n) is 4.69. The Morgan fingerprint density at radius 1 is 0.667 bits per heavy atom. The summed E-state index contributed by atoms with van der Waals surface area (Å²) in [6, 6.07) is 15.1. The van der Waals surface area contributed by atoms with Gasteiger partial charge in [0.2, 0.25) is 0 Å². The summed E-state index contributed by atoms with van der Waals surface area (Å²) in [5.41, 5.74) is 1.90. The maximum atomic E-state index is 8.62. The van der Waals surface area contributed by atoms with E-state index in [-0.39, 0.29) is 10.8 Å². The van der Waals surface area contributed by atoms with Crippen LogP contribution in [-0.2, 0) is 5.41 Å². The fraction of sp³-hybridized carbons (Fsp3) is 0.300. The lowest BCUT2D eigenvalue weighted by atomic mass is 9.60. The van der Waals surface area contributed by atoms with Gasteiger partial charge in [0.1, 0.15) is 11.5 Å². The van der Waals surface area contributed by atoms with Crippen molar-refractivity contribution in [2.45, 2.75) is 33.1 Å². The molecule has 2 aromatic rings. The Morgan fingerprint density at radius 2 is 1.00 bits per heavy atom. The van der Waals surface area contributed by atoms with Gasteiger partial charge in [0.25, 0.3) is 12.5 Å². The molecule has 4 heteroatoms. The average Bonchev–Trinajstić information content (AvgIpc) is 2.55. The molecular formula is C20H20N2O2. The second-order valence-electron chi connectivity index (χ2n) is 6.81. The fourth-order valence-electron chi connectivity index (χ4n) is 2.85. The second kappa shape index (κ2) is 6.64. The van der Waals surface area contributed by atoms with E-state index < -0.39 is 0 Å². The highest BCUT2D eigenvalue weighted by molar-refractivity contribution is 5.44. The van der Waals surface area contributed by atoms with Crippen molar-refractivity contribution in [2.75, 3.05) is 0 Å². The Bertz CT molecular complexity index is 713. The van der Waals surface area contributed by atoms with Gasteiger partial charge in [-0.1, -0.05) is 52.0 Å². The molecule has 0 saturated heterocycles. The van der Waals surface area contributed by atoms with Gasteiger partial charge in [-0.2, -0.15) is 0 Å². The van der Waals surface area contributed by atoms with Gasteiger partial charge < -0.3 is 9.47 Å². The van der Waals surface area contributed by atoms with Gasteiger partial charge in [0.05, 0.1) is 0 Å². The number of rotatable bonds is 4. The molecule has 0 heterocycles. The van der Waals surface area contributed by atoms with Crippen molar-refractivity contribution < 1.29 is 9.47 Å². The summed E-state index contributed by atoms with van der Waals surface area (Å²) < 4.78 is 9.73. The monoisotopic (exact) mass is 320 g/mol. The molecule has 0 aliphatic rings. The lowest BCUT2D eigenvalue weighted by Crippen LogP contribution is -2.38. The van der Waals surface area contributed by atoms with E-state index >= 15 is 0 Å². The van der Waals surface area contributed by atoms with Crippen molar-refractivity contribution in [2.24, 2.45) is 5.41 Å². The molecule has 2 aromatic carbocycles. The van der Waals surface area contributed by atoms with Crippen molar-refractivity contribution in [3.63, 3.8) is 0 Å². The SMILES string of the molecule is CC(C)(C)C(C)(c1ccc(OC#N)cc1)c1ccc(OC#N)cc1. The van der Waals surface area contributed by atoms with Gasteiger partial charge in [0, 0.05) is 5.41 Å². The highest BCUT2D eigenvalue weighted by Crippen LogP contribution is 2.47. The highest BCUT2D eigenvalue weighted by atomic mass is 16.5. The summed E-state index contributed by atoms with van der Waals surface area (Å²) in [4.78, 5) is 0. The smallest absolute Gasteiger partial charge is 0.292 e. The standard InChI is InChI=1S/C20H20N2O2/c1-19(2,3)20(4,15-5-9-17(10-6-15)23-13-21)16-7-11-18(12-8-16)24-14-22/h5-12H,1-4H3. The molecule has 0 aliphatic carbocycles. The van der Waals surface area contributed by atoms with Crippen LogP contribution in [0.15, 0.2) is 48.5 Å². The molecule has 0 spiro atoms. The Balaban J connectivity index is 2.51. The summed E-state index contributed by atoms with van der Waals surface area (Å²) in [5, 5.41) is 17.2. The molecule has 122 valence electrons. The largest absolute Gasteiger partial charge is 0.388 e. The summed E-state index contributed by atoms with van der Waals surface area (Å²) in [7, 11) is 0. The lowest BCUT2D eigenvalue weighted by Gasteiger charge is -2.43. The van der Waals surface area contributed by atoms with Gasteiger partial charge in [-0.05, 0) is 40.8 Å². The van der Waals surface area contributed by atoms with Crippen molar-refractivity contribution in [3.8, 4) is 24.0 Å². The van der Waals surface area contributed by atoms with Crippen LogP contribution in [0.25, 0.3) is 0 Å². The quantitative estimate of drug-likeness (QED) is 0.762. The van der Waals surface area contributed by atoms with Crippen LogP contribution in [0.4, 0.5) is 0 Å². The molecular weight excluding hydrogens is 300 g/mol. The maximum absolute atomic E-state index is 8.62. The zero-order valence-corrected chi connectivity index (χ0v) is 14.3. The number of nitrogens with zero attached hydrogens (tertiary/aromatic N) is 2. The first kappa shape index (κ1) is 17.4. The van der Waals surface area contributed by atoms with E-state index in [1.165, 1.54) is 0 Å². The fourth-order valence-corrected chi connectivity index (χ4v) is 2.85. The van der Waals surface area contributed by atoms with Crippen LogP contribution in [-0.4, -0.2) is 0 Å². The Labute approximate surface area is 142 Å². The first-order valence-electron chi connectivity index (χ1n) is 7.66. The number of hydrogen-bond donors (Lipinski definition) is 0. The summed E-state index contributed by atoms with van der Waals surface area (Å²) in [6.45, 7) is 8.75. The Morgan fingerprint density at radius 3 is 1.25 bits per heavy atom. The predicted octanol–water partition coefficient (Wildman–Crippen LogP) is 4.76. The van der Waals surface area contributed by atoms with Crippen LogP contribution in [0, 0.1) is 28.4 Å². The van der Waals surface area contributed by atoms with E-state index in [0.29, 0.717) is 11.5 Å². The van der Waals surface area contributed by atoms with Gasteiger partial charge in [-0.25, -0.2) is 0 Å². The highest BCUT2D eigenvalue weighted by Gasteiger charge is 2.40. The number of hydrogen-bond acceptors (Lipinski definition) is 4. The first-order chi connectivity index (χ1) is 11.3. The van der Waals surface area contributed by atoms with Crippen LogP contribution in [0.3, 0.4) is 0 Å². The van der Waals surface area contributed by atoms with Gasteiger partial charge in [-0.15, -0.1) is 10.5 Å². The third-order valence-corrected chi connectivity index (χ3v) is 4.69. The summed E-state index contributed by atoms with van der Waals surface area (Å²) >= 11 is 0. The zero-order valence-electron chi connectivity index (χ0n) is 14.3. The van der Waals surface area contributed by atoms with E-state index in [1.54, 1.807) is 36.8 Å². The van der Waals surface area contributed by atoms with Crippen LogP contribution in [0.2, 0.25) is 0 Å². The molecule has 0 radical (unpaired) electrons. The zero-order chi connectivity index (χ0) is 17.8. The van der Waals surface area contributed by atoms with Crippen LogP contribution in [0.1, 0.15) is 38.8 Å². The number of nitriles is 2. The minimum absolute atomic E-state index is 0.0673. The van der Waals surface area contributed by atoms with Crippen molar-refractivity contribution >= 4 is 0 Å². The summed E-state index contributed by atoms with van der Waals surface area (Å²) in [5.74, 6) is 1.05. The van der Waals surface area contributed by atoms with Crippen LogP contribution in [0.5, 0.6) is 11.5 Å². The lowest BCUT2D eigenvalue weighted by molar-refractivity contribution is 0.249. The van der Waals surface area contributed by atoms with E-state index in [1.807, 2.05) is 24.3 Å². The topological polar surface area (TPSA) is 66.0 Å². The number of ether oxygens (including phenoxy) is 2. The molecule has 2 rings (SSSR count). The maximum Gasteiger partial charge on any atom is 0.292 e. The minimum atomic E-state index is -0.274. The van der Waals surface area contributed by atoms with E-state index in [4.69, 9.17) is 20.0 Å². The second-order valence-corrected chi connectivity index (χ2v) is 6.81.